The van der Waals surface area contributed by atoms with Gasteiger partial charge in [-0.1, -0.05) is 6.07 Å². The Morgan fingerprint density at radius 2 is 1.73 bits per heavy atom. The van der Waals surface area contributed by atoms with Gasteiger partial charge in [-0.3, -0.25) is 0 Å². The second kappa shape index (κ2) is 10.5. The number of rotatable bonds is 11. The van der Waals surface area contributed by atoms with Crippen molar-refractivity contribution in [2.75, 3.05) is 39.9 Å². The number of anilines is 1. The Hall–Kier alpha value is -3.19. The molecule has 0 aliphatic heterocycles. The van der Waals surface area contributed by atoms with Crippen molar-refractivity contribution in [1.82, 2.24) is 9.55 Å². The number of aromatic nitrogens is 2. The predicted octanol–water partition coefficient (Wildman–Crippen LogP) is 4.22. The van der Waals surface area contributed by atoms with Crippen LogP contribution in [0.2, 0.25) is 0 Å². The molecule has 0 atom stereocenters. The summed E-state index contributed by atoms with van der Waals surface area (Å²) in [6, 6.07) is 13.9. The van der Waals surface area contributed by atoms with Gasteiger partial charge in [-0.2, -0.15) is 0 Å². The Balaban J connectivity index is 1.81. The first-order valence-corrected chi connectivity index (χ1v) is 9.92. The number of nitrogens with zero attached hydrogens (tertiary/aromatic N) is 2. The van der Waals surface area contributed by atoms with Gasteiger partial charge in [-0.25, -0.2) is 4.98 Å². The first kappa shape index (κ1) is 21.5. The van der Waals surface area contributed by atoms with Crippen molar-refractivity contribution in [3.8, 4) is 28.5 Å². The maximum atomic E-state index is 5.55. The van der Waals surface area contributed by atoms with Gasteiger partial charge < -0.3 is 28.8 Å². The van der Waals surface area contributed by atoms with E-state index in [1.807, 2.05) is 55.6 Å². The van der Waals surface area contributed by atoms with Crippen molar-refractivity contribution in [3.05, 3.63) is 54.2 Å². The highest BCUT2D eigenvalue weighted by Gasteiger charge is 2.12. The first-order valence-electron chi connectivity index (χ1n) is 9.92. The summed E-state index contributed by atoms with van der Waals surface area (Å²) in [6.45, 7) is 4.51. The summed E-state index contributed by atoms with van der Waals surface area (Å²) < 4.78 is 23.7. The molecule has 0 fully saturated rings. The van der Waals surface area contributed by atoms with Crippen LogP contribution in [0.5, 0.6) is 17.2 Å². The molecule has 30 heavy (non-hydrogen) atoms. The van der Waals surface area contributed by atoms with Gasteiger partial charge in [0.2, 0.25) is 5.95 Å². The van der Waals surface area contributed by atoms with E-state index >= 15 is 0 Å². The molecule has 0 radical (unpaired) electrons. The highest BCUT2D eigenvalue weighted by molar-refractivity contribution is 5.62. The Bertz CT molecular complexity index is 938. The molecule has 0 spiro atoms. The van der Waals surface area contributed by atoms with Gasteiger partial charge in [0, 0.05) is 25.8 Å². The van der Waals surface area contributed by atoms with Crippen molar-refractivity contribution < 1.29 is 18.9 Å². The van der Waals surface area contributed by atoms with Crippen LogP contribution in [0.4, 0.5) is 5.95 Å². The lowest BCUT2D eigenvalue weighted by Gasteiger charge is -2.14. The van der Waals surface area contributed by atoms with Crippen LogP contribution in [0.1, 0.15) is 12.5 Å². The van der Waals surface area contributed by atoms with Gasteiger partial charge in [0.25, 0.3) is 0 Å². The summed E-state index contributed by atoms with van der Waals surface area (Å²) in [5.74, 6) is 3.05. The fourth-order valence-electron chi connectivity index (χ4n) is 3.22. The van der Waals surface area contributed by atoms with Crippen LogP contribution >= 0.6 is 0 Å². The standard InChI is InChI=1S/C23H29N3O4/c1-5-30-19-9-7-18(8-10-19)20-16-25-23(26(20)12-13-27-2)24-15-17-6-11-21(28-3)22(14-17)29-4/h6-11,14,16H,5,12-13,15H2,1-4H3,(H,24,25). The molecule has 0 unspecified atom stereocenters. The normalized spacial score (nSPS) is 10.7. The summed E-state index contributed by atoms with van der Waals surface area (Å²) in [5, 5.41) is 3.42. The molecular weight excluding hydrogens is 382 g/mol. The average molecular weight is 412 g/mol. The number of nitrogens with one attached hydrogen (secondary N) is 1. The maximum absolute atomic E-state index is 5.55. The molecule has 0 saturated heterocycles. The minimum atomic E-state index is 0.589. The monoisotopic (exact) mass is 411 g/mol. The van der Waals surface area contributed by atoms with Gasteiger partial charge >= 0.3 is 0 Å². The molecule has 0 saturated carbocycles. The number of imidazole rings is 1. The summed E-state index contributed by atoms with van der Waals surface area (Å²) >= 11 is 0. The van der Waals surface area contributed by atoms with E-state index in [-0.39, 0.29) is 0 Å². The highest BCUT2D eigenvalue weighted by atomic mass is 16.5. The van der Waals surface area contributed by atoms with Crippen LogP contribution in [-0.2, 0) is 17.8 Å². The molecule has 7 heteroatoms. The van der Waals surface area contributed by atoms with Crippen LogP contribution in [0.3, 0.4) is 0 Å². The molecule has 0 aliphatic rings. The molecule has 0 bridgehead atoms. The zero-order valence-corrected chi connectivity index (χ0v) is 18.0. The Morgan fingerprint density at radius 3 is 2.40 bits per heavy atom. The molecule has 1 heterocycles. The van der Waals surface area contributed by atoms with Crippen molar-refractivity contribution >= 4 is 5.95 Å². The largest absolute Gasteiger partial charge is 0.494 e. The van der Waals surface area contributed by atoms with Gasteiger partial charge in [0.1, 0.15) is 5.75 Å². The summed E-state index contributed by atoms with van der Waals surface area (Å²) in [7, 11) is 4.96. The third-order valence-electron chi connectivity index (χ3n) is 4.73. The van der Waals surface area contributed by atoms with Crippen LogP contribution in [0, 0.1) is 0 Å². The van der Waals surface area contributed by atoms with Crippen LogP contribution in [0.25, 0.3) is 11.3 Å². The molecule has 7 nitrogen and oxygen atoms in total. The predicted molar refractivity (Wildman–Crippen MR) is 118 cm³/mol. The average Bonchev–Trinajstić information content (AvgIpc) is 3.19. The van der Waals surface area contributed by atoms with Crippen molar-refractivity contribution in [3.63, 3.8) is 0 Å². The van der Waals surface area contributed by atoms with Crippen molar-refractivity contribution in [2.24, 2.45) is 0 Å². The number of ether oxygens (including phenoxy) is 4. The summed E-state index contributed by atoms with van der Waals surface area (Å²) in [5.41, 5.74) is 3.16. The minimum absolute atomic E-state index is 0.589. The summed E-state index contributed by atoms with van der Waals surface area (Å²) in [6.07, 6.45) is 1.88. The third kappa shape index (κ3) is 5.04. The van der Waals surface area contributed by atoms with E-state index in [0.717, 1.165) is 28.5 Å². The van der Waals surface area contributed by atoms with E-state index in [1.165, 1.54) is 0 Å². The zero-order valence-electron chi connectivity index (χ0n) is 18.0. The minimum Gasteiger partial charge on any atom is -0.494 e. The van der Waals surface area contributed by atoms with Gasteiger partial charge in [0.15, 0.2) is 11.5 Å². The number of benzene rings is 2. The third-order valence-corrected chi connectivity index (χ3v) is 4.73. The van der Waals surface area contributed by atoms with E-state index in [4.69, 9.17) is 18.9 Å². The molecular formula is C23H29N3O4. The molecule has 3 rings (SSSR count). The molecule has 0 aliphatic carbocycles. The fourth-order valence-corrected chi connectivity index (χ4v) is 3.22. The maximum Gasteiger partial charge on any atom is 0.203 e. The lowest BCUT2D eigenvalue weighted by molar-refractivity contribution is 0.188. The van der Waals surface area contributed by atoms with Crippen molar-refractivity contribution in [2.45, 2.75) is 20.0 Å². The van der Waals surface area contributed by atoms with Crippen LogP contribution in [-0.4, -0.2) is 44.1 Å². The quantitative estimate of drug-likeness (QED) is 0.509. The topological polar surface area (TPSA) is 66.8 Å². The van der Waals surface area contributed by atoms with Gasteiger partial charge in [-0.05, 0) is 48.9 Å². The van der Waals surface area contributed by atoms with E-state index in [0.29, 0.717) is 37.8 Å². The second-order valence-corrected chi connectivity index (χ2v) is 6.61. The van der Waals surface area contributed by atoms with Crippen LogP contribution < -0.4 is 19.5 Å². The van der Waals surface area contributed by atoms with E-state index in [9.17, 15) is 0 Å². The number of hydrogen-bond donors (Lipinski definition) is 1. The number of hydrogen-bond acceptors (Lipinski definition) is 6. The Morgan fingerprint density at radius 1 is 0.967 bits per heavy atom. The van der Waals surface area contributed by atoms with Crippen LogP contribution in [0.15, 0.2) is 48.7 Å². The molecule has 160 valence electrons. The molecule has 0 amide bonds. The lowest BCUT2D eigenvalue weighted by atomic mass is 10.1. The fraction of sp³-hybridized carbons (Fsp3) is 0.348. The highest BCUT2D eigenvalue weighted by Crippen LogP contribution is 2.29. The smallest absolute Gasteiger partial charge is 0.203 e. The Kier molecular flexibility index (Phi) is 7.57. The van der Waals surface area contributed by atoms with Gasteiger partial charge in [0.05, 0.1) is 39.3 Å². The first-order chi connectivity index (χ1) is 14.7. The SMILES string of the molecule is CCOc1ccc(-c2cnc(NCc3ccc(OC)c(OC)c3)n2CCOC)cc1. The molecule has 1 aromatic heterocycles. The zero-order chi connectivity index (χ0) is 21.3. The van der Waals surface area contributed by atoms with E-state index in [1.54, 1.807) is 21.3 Å². The molecule has 1 N–H and O–H groups in total. The number of methoxy groups -OCH3 is 3. The summed E-state index contributed by atoms with van der Waals surface area (Å²) in [4.78, 5) is 4.60. The Labute approximate surface area is 177 Å². The van der Waals surface area contributed by atoms with Crippen molar-refractivity contribution in [1.29, 1.82) is 0 Å². The molecule has 2 aromatic carbocycles. The molecule has 3 aromatic rings. The lowest BCUT2D eigenvalue weighted by Crippen LogP contribution is -2.11. The van der Waals surface area contributed by atoms with E-state index < -0.39 is 0 Å². The van der Waals surface area contributed by atoms with Gasteiger partial charge in [-0.15, -0.1) is 0 Å². The van der Waals surface area contributed by atoms with E-state index in [2.05, 4.69) is 14.9 Å². The second-order valence-electron chi connectivity index (χ2n) is 6.61.